The summed E-state index contributed by atoms with van der Waals surface area (Å²) in [7, 11) is -1.15. The van der Waals surface area contributed by atoms with Crippen molar-refractivity contribution in [3.05, 3.63) is 12.2 Å². The van der Waals surface area contributed by atoms with E-state index in [4.69, 9.17) is 0 Å². The molecule has 0 aromatic heterocycles. The summed E-state index contributed by atoms with van der Waals surface area (Å²) < 4.78 is 0. The number of carbonyl (C=O) groups excluding carboxylic acids is 1. The molecule has 0 radical (unpaired) electrons. The summed E-state index contributed by atoms with van der Waals surface area (Å²) >= 11 is 0. The number of carbonyl (C=O) groups is 1. The fourth-order valence-corrected chi connectivity index (χ4v) is 3.92. The Bertz CT molecular complexity index is 350. The highest BCUT2D eigenvalue weighted by atomic mass is 28.3. The van der Waals surface area contributed by atoms with Crippen LogP contribution in [0.5, 0.6) is 0 Å². The van der Waals surface area contributed by atoms with Crippen LogP contribution in [0.25, 0.3) is 0 Å². The van der Waals surface area contributed by atoms with Gasteiger partial charge in [-0.25, -0.2) is 0 Å². The minimum absolute atomic E-state index is 0.0500. The average Bonchev–Trinajstić information content (AvgIpc) is 2.61. The molecule has 0 aromatic rings. The van der Waals surface area contributed by atoms with Crippen LogP contribution in [0.15, 0.2) is 17.1 Å². The molecule has 1 unspecified atom stereocenters. The van der Waals surface area contributed by atoms with E-state index in [0.29, 0.717) is 0 Å². The lowest BCUT2D eigenvalue weighted by molar-refractivity contribution is -0.115. The predicted octanol–water partition coefficient (Wildman–Crippen LogP) is 3.57. The van der Waals surface area contributed by atoms with E-state index in [1.807, 2.05) is 13.8 Å². The molecule has 0 saturated carbocycles. The Morgan fingerprint density at radius 3 is 2.53 bits per heavy atom. The molecule has 2 nitrogen and oxygen atoms in total. The van der Waals surface area contributed by atoms with Crippen LogP contribution < -0.4 is 0 Å². The van der Waals surface area contributed by atoms with Gasteiger partial charge in [0.25, 0.3) is 0 Å². The highest BCUT2D eigenvalue weighted by Crippen LogP contribution is 2.29. The lowest BCUT2D eigenvalue weighted by Gasteiger charge is -2.23. The van der Waals surface area contributed by atoms with E-state index in [2.05, 4.69) is 31.2 Å². The number of Topliss-reactive ketones (excluding diaryl/α,β-unsaturated/α-hetero) is 1. The molecule has 96 valence electrons. The van der Waals surface area contributed by atoms with Gasteiger partial charge in [0, 0.05) is 26.5 Å². The molecule has 0 saturated heterocycles. The van der Waals surface area contributed by atoms with Crippen LogP contribution in [0.1, 0.15) is 20.3 Å². The number of allylic oxidation sites excluding steroid dienone is 1. The van der Waals surface area contributed by atoms with Crippen LogP contribution in [0.2, 0.25) is 25.7 Å². The van der Waals surface area contributed by atoms with Crippen LogP contribution in [0.3, 0.4) is 0 Å². The number of nitrogens with zero attached hydrogens (tertiary/aromatic N) is 1. The summed E-state index contributed by atoms with van der Waals surface area (Å²) in [5, 5.41) is 0. The molecule has 0 fully saturated rings. The van der Waals surface area contributed by atoms with Crippen molar-refractivity contribution in [2.24, 2.45) is 16.8 Å². The topological polar surface area (TPSA) is 29.4 Å². The van der Waals surface area contributed by atoms with Crippen molar-refractivity contribution in [3.8, 4) is 0 Å². The van der Waals surface area contributed by atoms with E-state index in [0.717, 1.165) is 24.7 Å². The minimum Gasteiger partial charge on any atom is -0.293 e. The van der Waals surface area contributed by atoms with Crippen LogP contribution >= 0.6 is 0 Å². The van der Waals surface area contributed by atoms with E-state index in [1.54, 1.807) is 0 Å². The molecule has 17 heavy (non-hydrogen) atoms. The van der Waals surface area contributed by atoms with Crippen LogP contribution in [-0.4, -0.2) is 26.1 Å². The largest absolute Gasteiger partial charge is 0.293 e. The van der Waals surface area contributed by atoms with Crippen molar-refractivity contribution in [1.29, 1.82) is 0 Å². The summed E-state index contributed by atoms with van der Waals surface area (Å²) in [6.45, 7) is 15.9. The van der Waals surface area contributed by atoms with Gasteiger partial charge in [0.2, 0.25) is 0 Å². The summed E-state index contributed by atoms with van der Waals surface area (Å²) in [6, 6.07) is 1.10. The number of rotatable bonds is 5. The smallest absolute Gasteiger partial charge is 0.179 e. The molecule has 3 heteroatoms. The molecule has 1 heterocycles. The third-order valence-electron chi connectivity index (χ3n) is 3.06. The summed E-state index contributed by atoms with van der Waals surface area (Å²) in [5.41, 5.74) is 2.03. The van der Waals surface area contributed by atoms with Crippen molar-refractivity contribution in [2.75, 3.05) is 6.54 Å². The van der Waals surface area contributed by atoms with Gasteiger partial charge in [0.15, 0.2) is 5.78 Å². The SMILES string of the molecule is C=C(C[Si](C)(C)C)C1CCN=C1C(=O)C(C)C. The van der Waals surface area contributed by atoms with Gasteiger partial charge in [-0.2, -0.15) is 0 Å². The summed E-state index contributed by atoms with van der Waals surface area (Å²) in [4.78, 5) is 16.5. The maximum atomic E-state index is 12.1. The second-order valence-electron chi connectivity index (χ2n) is 6.52. The van der Waals surface area contributed by atoms with E-state index in [1.165, 1.54) is 5.57 Å². The van der Waals surface area contributed by atoms with Crippen LogP contribution in [0.4, 0.5) is 0 Å². The number of hydrogen-bond donors (Lipinski definition) is 0. The molecule has 1 rings (SSSR count). The zero-order chi connectivity index (χ0) is 13.2. The zero-order valence-electron chi connectivity index (χ0n) is 11.8. The lowest BCUT2D eigenvalue weighted by Crippen LogP contribution is -2.29. The minimum atomic E-state index is -1.15. The van der Waals surface area contributed by atoms with E-state index in [-0.39, 0.29) is 17.6 Å². The van der Waals surface area contributed by atoms with Crippen molar-refractivity contribution >= 4 is 19.6 Å². The predicted molar refractivity (Wildman–Crippen MR) is 77.5 cm³/mol. The third-order valence-corrected chi connectivity index (χ3v) is 4.57. The molecule has 0 aromatic carbocycles. The Morgan fingerprint density at radius 1 is 1.47 bits per heavy atom. The van der Waals surface area contributed by atoms with Gasteiger partial charge in [-0.15, -0.1) is 0 Å². The molecule has 0 N–H and O–H groups in total. The first kappa shape index (κ1) is 14.4. The summed E-state index contributed by atoms with van der Waals surface area (Å²) in [6.07, 6.45) is 0.983. The maximum Gasteiger partial charge on any atom is 0.179 e. The van der Waals surface area contributed by atoms with E-state index in [9.17, 15) is 4.79 Å². The molecular weight excluding hydrogens is 226 g/mol. The van der Waals surface area contributed by atoms with Gasteiger partial charge in [0.05, 0.1) is 5.71 Å². The Hall–Kier alpha value is -0.703. The Balaban J connectivity index is 2.76. The quantitative estimate of drug-likeness (QED) is 0.542. The first-order chi connectivity index (χ1) is 7.72. The Labute approximate surface area is 106 Å². The second kappa shape index (κ2) is 5.30. The van der Waals surface area contributed by atoms with Gasteiger partial charge >= 0.3 is 0 Å². The van der Waals surface area contributed by atoms with Crippen molar-refractivity contribution in [3.63, 3.8) is 0 Å². The molecule has 1 aliphatic rings. The first-order valence-corrected chi connectivity index (χ1v) is 10.2. The van der Waals surface area contributed by atoms with Crippen LogP contribution in [-0.2, 0) is 4.79 Å². The van der Waals surface area contributed by atoms with Crippen molar-refractivity contribution < 1.29 is 4.79 Å². The Kier molecular flexibility index (Phi) is 4.47. The molecule has 0 amide bonds. The van der Waals surface area contributed by atoms with E-state index < -0.39 is 8.07 Å². The average molecular weight is 251 g/mol. The van der Waals surface area contributed by atoms with Gasteiger partial charge < -0.3 is 0 Å². The standard InChI is InChI=1S/C14H25NOSi/c1-10(2)14(16)13-12(7-8-15-13)11(3)9-17(4,5)6/h10,12H,3,7-9H2,1-2,4-6H3. The molecule has 0 aliphatic carbocycles. The lowest BCUT2D eigenvalue weighted by atomic mass is 9.89. The Morgan fingerprint density at radius 2 is 2.06 bits per heavy atom. The highest BCUT2D eigenvalue weighted by molar-refractivity contribution is 6.76. The van der Waals surface area contributed by atoms with Crippen molar-refractivity contribution in [1.82, 2.24) is 0 Å². The summed E-state index contributed by atoms with van der Waals surface area (Å²) in [5.74, 6) is 0.495. The van der Waals surface area contributed by atoms with Crippen molar-refractivity contribution in [2.45, 2.75) is 46.0 Å². The normalized spacial score (nSPS) is 20.6. The fourth-order valence-electron chi connectivity index (χ4n) is 2.31. The van der Waals surface area contributed by atoms with Crippen LogP contribution in [0, 0.1) is 11.8 Å². The number of hydrogen-bond acceptors (Lipinski definition) is 2. The van der Waals surface area contributed by atoms with Gasteiger partial charge in [0.1, 0.15) is 0 Å². The second-order valence-corrected chi connectivity index (χ2v) is 12.0. The third kappa shape index (κ3) is 3.91. The molecule has 1 atom stereocenters. The monoisotopic (exact) mass is 251 g/mol. The maximum absolute atomic E-state index is 12.1. The van der Waals surface area contributed by atoms with Gasteiger partial charge in [-0.1, -0.05) is 45.6 Å². The van der Waals surface area contributed by atoms with E-state index >= 15 is 0 Å². The number of aliphatic imine (C=N–C) groups is 1. The fraction of sp³-hybridized carbons (Fsp3) is 0.714. The molecule has 1 aliphatic heterocycles. The zero-order valence-corrected chi connectivity index (χ0v) is 12.8. The molecule has 0 bridgehead atoms. The number of ketones is 1. The highest BCUT2D eigenvalue weighted by Gasteiger charge is 2.31. The molecule has 0 spiro atoms. The van der Waals surface area contributed by atoms with Gasteiger partial charge in [-0.05, 0) is 12.5 Å². The first-order valence-electron chi connectivity index (χ1n) is 6.48. The molecular formula is C14H25NOSi. The van der Waals surface area contributed by atoms with Gasteiger partial charge in [-0.3, -0.25) is 9.79 Å².